The minimum absolute atomic E-state index is 0.237. The van der Waals surface area contributed by atoms with Gasteiger partial charge in [0.2, 0.25) is 5.91 Å². The van der Waals surface area contributed by atoms with Gasteiger partial charge >= 0.3 is 0 Å². The molecule has 0 bridgehead atoms. The van der Waals surface area contributed by atoms with Crippen molar-refractivity contribution in [2.45, 2.75) is 45.1 Å². The molecule has 2 aromatic carbocycles. The molecular weight excluding hydrogens is 346 g/mol. The summed E-state index contributed by atoms with van der Waals surface area (Å²) in [7, 11) is 0. The number of carbonyl (C=O) groups is 1. The highest BCUT2D eigenvalue weighted by atomic mass is 16.2. The predicted octanol–water partition coefficient (Wildman–Crippen LogP) is 4.98. The molecule has 1 aliphatic heterocycles. The molecular formula is C24H25N3O. The lowest BCUT2D eigenvalue weighted by Crippen LogP contribution is -2.36. The monoisotopic (exact) mass is 371 g/mol. The number of hydrogen-bond acceptors (Lipinski definition) is 2. The normalized spacial score (nSPS) is 19.9. The number of nitrogens with one attached hydrogen (secondary N) is 1. The summed E-state index contributed by atoms with van der Waals surface area (Å²) in [6.45, 7) is 0.551. The Morgan fingerprint density at radius 3 is 2.68 bits per heavy atom. The molecule has 2 aliphatic rings. The highest BCUT2D eigenvalue weighted by Crippen LogP contribution is 2.39. The van der Waals surface area contributed by atoms with E-state index in [-0.39, 0.29) is 5.91 Å². The lowest BCUT2D eigenvalue weighted by Gasteiger charge is -2.37. The highest BCUT2D eigenvalue weighted by molar-refractivity contribution is 5.80. The van der Waals surface area contributed by atoms with Crippen molar-refractivity contribution < 1.29 is 4.79 Å². The van der Waals surface area contributed by atoms with Crippen molar-refractivity contribution in [1.82, 2.24) is 14.9 Å². The number of nitrogens with zero attached hydrogens (tertiary/aromatic N) is 2. The van der Waals surface area contributed by atoms with Crippen molar-refractivity contribution in [2.24, 2.45) is 5.92 Å². The molecule has 0 spiro atoms. The maximum Gasteiger partial charge on any atom is 0.227 e. The second kappa shape index (κ2) is 7.27. The van der Waals surface area contributed by atoms with Gasteiger partial charge in [-0.15, -0.1) is 0 Å². The van der Waals surface area contributed by atoms with Crippen LogP contribution >= 0.6 is 0 Å². The van der Waals surface area contributed by atoms with Gasteiger partial charge < -0.3 is 9.88 Å². The largest absolute Gasteiger partial charge is 0.340 e. The van der Waals surface area contributed by atoms with Gasteiger partial charge in [-0.1, -0.05) is 42.5 Å². The van der Waals surface area contributed by atoms with Gasteiger partial charge in [0, 0.05) is 12.1 Å². The standard InChI is InChI=1S/C24H25N3O/c28-24-13-11-19-15-18(14-17-6-2-1-3-7-17)10-12-22(19)27(24)16-23-25-20-8-4-5-9-21(20)26-23/h1-9,18H,10-16H2,(H,25,26). The van der Waals surface area contributed by atoms with E-state index in [1.54, 1.807) is 0 Å². The molecule has 0 saturated carbocycles. The molecule has 4 heteroatoms. The van der Waals surface area contributed by atoms with Crippen molar-refractivity contribution in [2.75, 3.05) is 0 Å². The van der Waals surface area contributed by atoms with Gasteiger partial charge in [0.1, 0.15) is 5.82 Å². The predicted molar refractivity (Wildman–Crippen MR) is 110 cm³/mol. The van der Waals surface area contributed by atoms with Crippen LogP contribution in [0.1, 0.15) is 43.5 Å². The van der Waals surface area contributed by atoms with E-state index in [9.17, 15) is 4.79 Å². The Labute approximate surface area is 165 Å². The zero-order chi connectivity index (χ0) is 18.9. The van der Waals surface area contributed by atoms with E-state index < -0.39 is 0 Å². The number of rotatable bonds is 4. The number of aromatic nitrogens is 2. The zero-order valence-electron chi connectivity index (χ0n) is 16.0. The van der Waals surface area contributed by atoms with Gasteiger partial charge in [0.15, 0.2) is 0 Å². The van der Waals surface area contributed by atoms with Gasteiger partial charge in [-0.2, -0.15) is 0 Å². The zero-order valence-corrected chi connectivity index (χ0v) is 16.0. The van der Waals surface area contributed by atoms with Crippen LogP contribution in [0.3, 0.4) is 0 Å². The lowest BCUT2D eigenvalue weighted by atomic mass is 9.79. The number of para-hydroxylation sites is 2. The summed E-state index contributed by atoms with van der Waals surface area (Å²) < 4.78 is 0. The fraction of sp³-hybridized carbons (Fsp3) is 0.333. The Hall–Kier alpha value is -2.88. The first-order chi connectivity index (χ1) is 13.8. The third-order valence-corrected chi connectivity index (χ3v) is 6.11. The number of hydrogen-bond donors (Lipinski definition) is 1. The summed E-state index contributed by atoms with van der Waals surface area (Å²) in [5, 5.41) is 0. The Morgan fingerprint density at radius 2 is 1.82 bits per heavy atom. The molecule has 0 fully saturated rings. The van der Waals surface area contributed by atoms with E-state index in [0.717, 1.165) is 49.0 Å². The van der Waals surface area contributed by atoms with E-state index in [1.807, 2.05) is 29.2 Å². The number of imidazole rings is 1. The van der Waals surface area contributed by atoms with Gasteiger partial charge in [-0.25, -0.2) is 4.98 Å². The van der Waals surface area contributed by atoms with Gasteiger partial charge in [0.25, 0.3) is 0 Å². The molecule has 28 heavy (non-hydrogen) atoms. The number of aromatic amines is 1. The number of carbonyl (C=O) groups excluding carboxylic acids is 1. The summed E-state index contributed by atoms with van der Waals surface area (Å²) in [5.74, 6) is 1.79. The van der Waals surface area contributed by atoms with E-state index in [4.69, 9.17) is 0 Å². The van der Waals surface area contributed by atoms with Crippen LogP contribution in [0.25, 0.3) is 11.0 Å². The Balaban J connectivity index is 1.35. The smallest absolute Gasteiger partial charge is 0.227 e. The molecule has 1 amide bonds. The van der Waals surface area contributed by atoms with Crippen molar-refractivity contribution in [3.05, 3.63) is 77.3 Å². The third kappa shape index (κ3) is 3.35. The molecule has 4 nitrogen and oxygen atoms in total. The van der Waals surface area contributed by atoms with Crippen molar-refractivity contribution >= 4 is 16.9 Å². The SMILES string of the molecule is O=C1CCC2=C(CCC(Cc3ccccc3)C2)N1Cc1nc2ccccc2[nH]1. The summed E-state index contributed by atoms with van der Waals surface area (Å²) in [6, 6.07) is 18.8. The van der Waals surface area contributed by atoms with Crippen LogP contribution in [0.4, 0.5) is 0 Å². The summed E-state index contributed by atoms with van der Waals surface area (Å²) in [6.07, 6.45) is 5.95. The first-order valence-electron chi connectivity index (χ1n) is 10.2. The average molecular weight is 371 g/mol. The summed E-state index contributed by atoms with van der Waals surface area (Å²) in [4.78, 5) is 22.7. The minimum atomic E-state index is 0.237. The second-order valence-corrected chi connectivity index (χ2v) is 8.03. The molecule has 142 valence electrons. The number of H-pyrrole nitrogens is 1. The molecule has 0 saturated heterocycles. The number of benzene rings is 2. The van der Waals surface area contributed by atoms with Crippen molar-refractivity contribution in [3.63, 3.8) is 0 Å². The fourth-order valence-corrected chi connectivity index (χ4v) is 4.74. The van der Waals surface area contributed by atoms with Crippen molar-refractivity contribution in [3.8, 4) is 0 Å². The van der Waals surface area contributed by atoms with Crippen molar-refractivity contribution in [1.29, 1.82) is 0 Å². The van der Waals surface area contributed by atoms with Gasteiger partial charge in [-0.05, 0) is 61.3 Å². The lowest BCUT2D eigenvalue weighted by molar-refractivity contribution is -0.131. The minimum Gasteiger partial charge on any atom is -0.340 e. The number of fused-ring (bicyclic) bond motifs is 1. The molecule has 5 rings (SSSR count). The van der Waals surface area contributed by atoms with Crippen LogP contribution in [0.2, 0.25) is 0 Å². The molecule has 2 heterocycles. The topological polar surface area (TPSA) is 49.0 Å². The molecule has 3 aromatic rings. The first kappa shape index (κ1) is 17.2. The van der Waals surface area contributed by atoms with E-state index in [2.05, 4.69) is 40.3 Å². The molecule has 1 unspecified atom stereocenters. The number of allylic oxidation sites excluding steroid dienone is 2. The van der Waals surface area contributed by atoms with Crippen LogP contribution in [-0.2, 0) is 17.8 Å². The average Bonchev–Trinajstić information content (AvgIpc) is 3.13. The number of amides is 1. The van der Waals surface area contributed by atoms with Gasteiger partial charge in [-0.3, -0.25) is 4.79 Å². The maximum absolute atomic E-state index is 12.7. The maximum atomic E-state index is 12.7. The quantitative estimate of drug-likeness (QED) is 0.703. The Kier molecular flexibility index (Phi) is 4.47. The Bertz CT molecular complexity index is 1000. The van der Waals surface area contributed by atoms with Crippen LogP contribution in [0.5, 0.6) is 0 Å². The molecule has 1 aliphatic carbocycles. The second-order valence-electron chi connectivity index (χ2n) is 8.03. The summed E-state index contributed by atoms with van der Waals surface area (Å²) >= 11 is 0. The van der Waals surface area contributed by atoms with Crippen LogP contribution in [0.15, 0.2) is 65.9 Å². The van der Waals surface area contributed by atoms with Crippen LogP contribution in [-0.4, -0.2) is 20.8 Å². The molecule has 1 atom stereocenters. The Morgan fingerprint density at radius 1 is 1.00 bits per heavy atom. The summed E-state index contributed by atoms with van der Waals surface area (Å²) in [5.41, 5.74) is 6.16. The van der Waals surface area contributed by atoms with E-state index in [0.29, 0.717) is 18.9 Å². The first-order valence-corrected chi connectivity index (χ1v) is 10.2. The fourth-order valence-electron chi connectivity index (χ4n) is 4.74. The third-order valence-electron chi connectivity index (χ3n) is 6.11. The van der Waals surface area contributed by atoms with Crippen LogP contribution in [0, 0.1) is 5.92 Å². The van der Waals surface area contributed by atoms with Gasteiger partial charge in [0.05, 0.1) is 17.6 Å². The molecule has 1 N–H and O–H groups in total. The molecule has 0 radical (unpaired) electrons. The molecule has 1 aromatic heterocycles. The van der Waals surface area contributed by atoms with Crippen LogP contribution < -0.4 is 0 Å². The van der Waals surface area contributed by atoms with E-state index >= 15 is 0 Å². The highest BCUT2D eigenvalue weighted by Gasteiger charge is 2.31. The van der Waals surface area contributed by atoms with E-state index in [1.165, 1.54) is 16.8 Å².